The van der Waals surface area contributed by atoms with Crippen molar-refractivity contribution in [2.45, 2.75) is 0 Å². The zero-order valence-electron chi connectivity index (χ0n) is 3.96. The second-order valence-electron chi connectivity index (χ2n) is 0.738. The van der Waals surface area contributed by atoms with Gasteiger partial charge >= 0.3 is 9.17 Å². The number of rotatable bonds is 0. The molecule has 0 spiro atoms. The van der Waals surface area contributed by atoms with Gasteiger partial charge in [0.25, 0.3) is 0 Å². The van der Waals surface area contributed by atoms with Crippen LogP contribution >= 0.6 is 0 Å². The summed E-state index contributed by atoms with van der Waals surface area (Å²) >= 11 is 0. The molecule has 0 heterocycles. The second-order valence-corrected chi connectivity index (χ2v) is 1.30. The molecule has 0 saturated carbocycles. The first kappa shape index (κ1) is 9.99. The molecule has 0 bridgehead atoms. The van der Waals surface area contributed by atoms with E-state index in [2.05, 4.69) is 11.5 Å². The average Bonchev–Trinajstić information content (AvgIpc) is 1.25. The normalized spacial score (nSPS) is 6.00. The number of hydrogen-bond donors (Lipinski definition) is 5. The van der Waals surface area contributed by atoms with Crippen LogP contribution in [0.25, 0.3) is 0 Å². The van der Waals surface area contributed by atoms with Crippen molar-refractivity contribution in [3.05, 3.63) is 0 Å². The van der Waals surface area contributed by atoms with E-state index in [9.17, 15) is 0 Å². The highest BCUT2D eigenvalue weighted by atomic mass is 28.3. The first-order valence-corrected chi connectivity index (χ1v) is 2.78. The Hall–Kier alpha value is -1.11. The molecule has 0 aliphatic carbocycles. The standard InChI is InChI=1S/CH5N3.H2O3Si/c2-1(3)4;1-4(2)3/h(H5,2,3,4);1-2H. The molecule has 0 radical (unpaired) electrons. The highest BCUT2D eigenvalue weighted by molar-refractivity contribution is 6.22. The van der Waals surface area contributed by atoms with Gasteiger partial charge in [-0.1, -0.05) is 0 Å². The van der Waals surface area contributed by atoms with Crippen LogP contribution in [0.3, 0.4) is 0 Å². The lowest BCUT2D eigenvalue weighted by Crippen LogP contribution is -2.20. The van der Waals surface area contributed by atoms with Crippen LogP contribution in [0.1, 0.15) is 0 Å². The predicted molar refractivity (Wildman–Crippen MR) is 27.0 cm³/mol. The lowest BCUT2D eigenvalue weighted by atomic mass is 11.1. The van der Waals surface area contributed by atoms with E-state index in [4.69, 9.17) is 19.5 Å². The molecule has 7 heteroatoms. The molecule has 0 atom stereocenters. The van der Waals surface area contributed by atoms with Crippen LogP contribution in [0, 0.1) is 5.41 Å². The molecule has 48 valence electrons. The Morgan fingerprint density at radius 2 is 1.50 bits per heavy atom. The molecule has 0 rings (SSSR count). The summed E-state index contributed by atoms with van der Waals surface area (Å²) in [6.45, 7) is 0. The maximum Gasteiger partial charge on any atom is 0.761 e. The molecule has 0 unspecified atom stereocenters. The van der Waals surface area contributed by atoms with Gasteiger partial charge in [-0.3, -0.25) is 9.87 Å². The molecule has 0 saturated heterocycles. The number of hydrogen-bond acceptors (Lipinski definition) is 2. The zero-order chi connectivity index (χ0) is 7.15. The molecular weight excluding hydrogens is 130 g/mol. The SMILES string of the molecule is N=C(N)N.O=[Si](O)O. The highest BCUT2D eigenvalue weighted by Gasteiger charge is 1.85. The van der Waals surface area contributed by atoms with Crippen molar-refractivity contribution in [2.24, 2.45) is 11.5 Å². The van der Waals surface area contributed by atoms with Crippen LogP contribution in [0.4, 0.5) is 0 Å². The summed E-state index contributed by atoms with van der Waals surface area (Å²) in [5.74, 6) is -0.333. The molecule has 0 aliphatic rings. The van der Waals surface area contributed by atoms with E-state index >= 15 is 0 Å². The van der Waals surface area contributed by atoms with Crippen LogP contribution in [0.5, 0.6) is 0 Å². The van der Waals surface area contributed by atoms with E-state index < -0.39 is 9.17 Å². The maximum absolute atomic E-state index is 8.74. The quantitative estimate of drug-likeness (QED) is 0.140. The van der Waals surface area contributed by atoms with Crippen LogP contribution < -0.4 is 11.5 Å². The van der Waals surface area contributed by atoms with Gasteiger partial charge in [0.05, 0.1) is 0 Å². The molecular formula is CH7N3O3Si. The Labute approximate surface area is 47.1 Å². The summed E-state index contributed by atoms with van der Waals surface area (Å²) in [4.78, 5) is 14.3. The van der Waals surface area contributed by atoms with Gasteiger partial charge in [-0.25, -0.2) is 0 Å². The van der Waals surface area contributed by atoms with Crippen LogP contribution in [-0.4, -0.2) is 24.7 Å². The van der Waals surface area contributed by atoms with Crippen LogP contribution in [0.15, 0.2) is 0 Å². The Morgan fingerprint density at radius 3 is 1.50 bits per heavy atom. The largest absolute Gasteiger partial charge is 0.761 e. The third-order valence-corrected chi connectivity index (χ3v) is 0. The van der Waals surface area contributed by atoms with Gasteiger partial charge < -0.3 is 21.1 Å². The highest BCUT2D eigenvalue weighted by Crippen LogP contribution is 1.27. The van der Waals surface area contributed by atoms with Crippen molar-refractivity contribution in [3.63, 3.8) is 0 Å². The van der Waals surface area contributed by atoms with Gasteiger partial charge in [-0.15, -0.1) is 0 Å². The van der Waals surface area contributed by atoms with E-state index in [0.717, 1.165) is 0 Å². The van der Waals surface area contributed by atoms with Gasteiger partial charge in [0.1, 0.15) is 0 Å². The predicted octanol–water partition coefficient (Wildman–Crippen LogP) is -2.78. The molecule has 0 amide bonds. The minimum atomic E-state index is -3.13. The Morgan fingerprint density at radius 1 is 1.50 bits per heavy atom. The van der Waals surface area contributed by atoms with Crippen molar-refractivity contribution in [1.82, 2.24) is 0 Å². The van der Waals surface area contributed by atoms with E-state index in [1.165, 1.54) is 0 Å². The van der Waals surface area contributed by atoms with Gasteiger partial charge in [0, 0.05) is 0 Å². The molecule has 0 aromatic rings. The molecule has 0 aromatic carbocycles. The smallest absolute Gasteiger partial charge is 0.511 e. The maximum atomic E-state index is 8.74. The molecule has 0 fully saturated rings. The molecule has 8 heavy (non-hydrogen) atoms. The Bertz CT molecular complexity index is 72.5. The fourth-order valence-electron chi connectivity index (χ4n) is 0. The van der Waals surface area contributed by atoms with Crippen molar-refractivity contribution in [3.8, 4) is 0 Å². The first-order chi connectivity index (χ1) is 3.46. The third kappa shape index (κ3) is 59.6. The summed E-state index contributed by atoms with van der Waals surface area (Å²) in [6, 6.07) is 0. The van der Waals surface area contributed by atoms with E-state index in [1.807, 2.05) is 0 Å². The number of guanidine groups is 1. The number of nitrogens with two attached hydrogens (primary N) is 2. The van der Waals surface area contributed by atoms with Crippen LogP contribution in [-0.2, 0) is 4.46 Å². The summed E-state index contributed by atoms with van der Waals surface area (Å²) in [7, 11) is -3.13. The minimum absolute atomic E-state index is 0.333. The zero-order valence-corrected chi connectivity index (χ0v) is 4.96. The van der Waals surface area contributed by atoms with Gasteiger partial charge in [-0.05, 0) is 0 Å². The Kier molecular flexibility index (Phi) is 7.35. The van der Waals surface area contributed by atoms with E-state index in [-0.39, 0.29) is 5.96 Å². The van der Waals surface area contributed by atoms with Crippen molar-refractivity contribution in [1.29, 1.82) is 5.41 Å². The first-order valence-electron chi connectivity index (χ1n) is 1.48. The fourth-order valence-corrected chi connectivity index (χ4v) is 0. The molecule has 6 nitrogen and oxygen atoms in total. The number of nitrogens with one attached hydrogen (secondary N) is 1. The molecule has 7 N–H and O–H groups in total. The third-order valence-electron chi connectivity index (χ3n) is 0. The van der Waals surface area contributed by atoms with E-state index in [0.29, 0.717) is 0 Å². The van der Waals surface area contributed by atoms with Gasteiger partial charge in [0.15, 0.2) is 5.96 Å². The van der Waals surface area contributed by atoms with Crippen molar-refractivity contribution in [2.75, 3.05) is 0 Å². The minimum Gasteiger partial charge on any atom is -0.511 e. The lowest BCUT2D eigenvalue weighted by Gasteiger charge is -1.69. The van der Waals surface area contributed by atoms with Gasteiger partial charge in [0.2, 0.25) is 0 Å². The molecule has 0 aromatic heterocycles. The lowest BCUT2D eigenvalue weighted by molar-refractivity contribution is 0.330. The van der Waals surface area contributed by atoms with Gasteiger partial charge in [-0.2, -0.15) is 0 Å². The summed E-state index contributed by atoms with van der Waals surface area (Å²) in [5, 5.41) is 6.06. The summed E-state index contributed by atoms with van der Waals surface area (Å²) < 4.78 is 8.74. The summed E-state index contributed by atoms with van der Waals surface area (Å²) in [5.41, 5.74) is 8.94. The monoisotopic (exact) mass is 137 g/mol. The fraction of sp³-hybridized carbons (Fsp3) is 0. The van der Waals surface area contributed by atoms with Crippen molar-refractivity contribution < 1.29 is 14.1 Å². The van der Waals surface area contributed by atoms with Crippen LogP contribution in [0.2, 0.25) is 0 Å². The summed E-state index contributed by atoms with van der Waals surface area (Å²) in [6.07, 6.45) is 0. The van der Waals surface area contributed by atoms with E-state index in [1.54, 1.807) is 0 Å². The second kappa shape index (κ2) is 5.89. The average molecular weight is 137 g/mol. The Balaban J connectivity index is 0. The topological polar surface area (TPSA) is 133 Å². The molecule has 0 aliphatic heterocycles. The van der Waals surface area contributed by atoms with Crippen molar-refractivity contribution >= 4 is 15.1 Å².